The third kappa shape index (κ3) is 5.87. The van der Waals surface area contributed by atoms with Crippen molar-refractivity contribution in [2.45, 2.75) is 58.4 Å². The number of nitrogens with one attached hydrogen (secondary N) is 1. The first-order chi connectivity index (χ1) is 8.05. The summed E-state index contributed by atoms with van der Waals surface area (Å²) in [6, 6.07) is 0.533. The van der Waals surface area contributed by atoms with E-state index in [1.54, 1.807) is 0 Å². The molecule has 2 unspecified atom stereocenters. The lowest BCUT2D eigenvalue weighted by molar-refractivity contribution is 0.285. The van der Waals surface area contributed by atoms with Gasteiger partial charge in [-0.15, -0.1) is 0 Å². The summed E-state index contributed by atoms with van der Waals surface area (Å²) in [6.07, 6.45) is 6.84. The van der Waals surface area contributed by atoms with Crippen LogP contribution < -0.4 is 5.32 Å². The number of hydrogen-bond acceptors (Lipinski definition) is 3. The van der Waals surface area contributed by atoms with E-state index in [9.17, 15) is 8.42 Å². The van der Waals surface area contributed by atoms with Crippen LogP contribution in [0.2, 0.25) is 0 Å². The zero-order valence-corrected chi connectivity index (χ0v) is 12.1. The van der Waals surface area contributed by atoms with Crippen LogP contribution >= 0.6 is 0 Å². The molecule has 1 aliphatic rings. The van der Waals surface area contributed by atoms with Crippen molar-refractivity contribution in [3.05, 3.63) is 0 Å². The van der Waals surface area contributed by atoms with Crippen molar-refractivity contribution in [3.8, 4) is 0 Å². The minimum Gasteiger partial charge on any atom is -0.313 e. The van der Waals surface area contributed by atoms with E-state index in [0.29, 0.717) is 30.0 Å². The van der Waals surface area contributed by atoms with E-state index >= 15 is 0 Å². The standard InChI is InChI=1S/C13H27NO2S/c1-3-4-10-17(15,16)11-9-14-13-8-6-5-7-12(13)2/h12-14H,3-11H2,1-2H3. The van der Waals surface area contributed by atoms with Crippen LogP contribution in [0.15, 0.2) is 0 Å². The normalized spacial score (nSPS) is 26.0. The highest BCUT2D eigenvalue weighted by molar-refractivity contribution is 7.91. The number of rotatable bonds is 7. The van der Waals surface area contributed by atoms with Crippen molar-refractivity contribution in [1.29, 1.82) is 0 Å². The number of hydrogen-bond donors (Lipinski definition) is 1. The molecular formula is C13H27NO2S. The second kappa shape index (κ2) is 7.37. The van der Waals surface area contributed by atoms with Crippen LogP contribution in [-0.2, 0) is 9.84 Å². The van der Waals surface area contributed by atoms with Gasteiger partial charge in [0.25, 0.3) is 0 Å². The molecule has 0 saturated heterocycles. The maximum Gasteiger partial charge on any atom is 0.151 e. The molecule has 2 atom stereocenters. The molecule has 0 amide bonds. The van der Waals surface area contributed by atoms with Gasteiger partial charge in [-0.05, 0) is 25.2 Å². The molecule has 0 aromatic heterocycles. The lowest BCUT2D eigenvalue weighted by atomic mass is 9.86. The lowest BCUT2D eigenvalue weighted by Gasteiger charge is -2.29. The van der Waals surface area contributed by atoms with Gasteiger partial charge in [-0.3, -0.25) is 0 Å². The smallest absolute Gasteiger partial charge is 0.151 e. The van der Waals surface area contributed by atoms with E-state index in [0.717, 1.165) is 12.8 Å². The minimum absolute atomic E-state index is 0.302. The Labute approximate surface area is 106 Å². The highest BCUT2D eigenvalue weighted by Gasteiger charge is 2.21. The van der Waals surface area contributed by atoms with Crippen molar-refractivity contribution < 1.29 is 8.42 Å². The molecule has 1 N–H and O–H groups in total. The highest BCUT2D eigenvalue weighted by atomic mass is 32.2. The molecule has 102 valence electrons. The van der Waals surface area contributed by atoms with E-state index in [4.69, 9.17) is 0 Å². The van der Waals surface area contributed by atoms with E-state index < -0.39 is 9.84 Å². The summed E-state index contributed by atoms with van der Waals surface area (Å²) in [5, 5.41) is 3.42. The molecule has 17 heavy (non-hydrogen) atoms. The first kappa shape index (κ1) is 15.0. The Balaban J connectivity index is 2.22. The maximum absolute atomic E-state index is 11.7. The van der Waals surface area contributed by atoms with Crippen LogP contribution in [-0.4, -0.2) is 32.5 Å². The molecule has 1 saturated carbocycles. The van der Waals surface area contributed by atoms with Gasteiger partial charge in [0, 0.05) is 12.6 Å². The molecule has 1 rings (SSSR count). The molecule has 4 heteroatoms. The Morgan fingerprint density at radius 2 is 1.88 bits per heavy atom. The summed E-state index contributed by atoms with van der Waals surface area (Å²) in [5.41, 5.74) is 0. The van der Waals surface area contributed by atoms with E-state index in [-0.39, 0.29) is 0 Å². The zero-order valence-electron chi connectivity index (χ0n) is 11.2. The Morgan fingerprint density at radius 1 is 1.18 bits per heavy atom. The van der Waals surface area contributed by atoms with Crippen molar-refractivity contribution in [3.63, 3.8) is 0 Å². The fourth-order valence-corrected chi connectivity index (χ4v) is 3.85. The van der Waals surface area contributed by atoms with Crippen LogP contribution in [0, 0.1) is 5.92 Å². The fourth-order valence-electron chi connectivity index (χ4n) is 2.49. The third-order valence-electron chi connectivity index (χ3n) is 3.74. The molecule has 0 aliphatic heterocycles. The van der Waals surface area contributed by atoms with Gasteiger partial charge in [-0.25, -0.2) is 8.42 Å². The van der Waals surface area contributed by atoms with Gasteiger partial charge in [-0.2, -0.15) is 0 Å². The van der Waals surface area contributed by atoms with Gasteiger partial charge in [0.2, 0.25) is 0 Å². The predicted octanol–water partition coefficient (Wildman–Crippen LogP) is 2.37. The molecule has 0 spiro atoms. The largest absolute Gasteiger partial charge is 0.313 e. The number of sulfone groups is 1. The average molecular weight is 261 g/mol. The van der Waals surface area contributed by atoms with Gasteiger partial charge in [0.1, 0.15) is 0 Å². The molecule has 3 nitrogen and oxygen atoms in total. The molecule has 0 radical (unpaired) electrons. The Hall–Kier alpha value is -0.0900. The summed E-state index contributed by atoms with van der Waals surface area (Å²) in [4.78, 5) is 0. The van der Waals surface area contributed by atoms with Gasteiger partial charge in [-0.1, -0.05) is 33.1 Å². The first-order valence-electron chi connectivity index (χ1n) is 6.99. The molecule has 1 fully saturated rings. The van der Waals surface area contributed by atoms with Gasteiger partial charge in [0.15, 0.2) is 9.84 Å². The van der Waals surface area contributed by atoms with Crippen molar-refractivity contribution >= 4 is 9.84 Å². The number of unbranched alkanes of at least 4 members (excludes halogenated alkanes) is 1. The molecule has 0 bridgehead atoms. The lowest BCUT2D eigenvalue weighted by Crippen LogP contribution is -2.39. The maximum atomic E-state index is 11.7. The first-order valence-corrected chi connectivity index (χ1v) is 8.81. The van der Waals surface area contributed by atoms with Crippen molar-refractivity contribution in [2.24, 2.45) is 5.92 Å². The third-order valence-corrected chi connectivity index (χ3v) is 5.48. The Morgan fingerprint density at radius 3 is 2.53 bits per heavy atom. The summed E-state index contributed by atoms with van der Waals surface area (Å²) >= 11 is 0. The van der Waals surface area contributed by atoms with Gasteiger partial charge >= 0.3 is 0 Å². The fraction of sp³-hybridized carbons (Fsp3) is 1.00. The summed E-state index contributed by atoms with van der Waals surface area (Å²) in [7, 11) is -2.82. The highest BCUT2D eigenvalue weighted by Crippen LogP contribution is 2.23. The predicted molar refractivity (Wildman–Crippen MR) is 73.0 cm³/mol. The van der Waals surface area contributed by atoms with Crippen LogP contribution in [0.4, 0.5) is 0 Å². The molecule has 0 aromatic rings. The zero-order chi connectivity index (χ0) is 12.7. The van der Waals surface area contributed by atoms with E-state index in [1.165, 1.54) is 25.7 Å². The van der Waals surface area contributed by atoms with Crippen LogP contribution in [0.5, 0.6) is 0 Å². The molecular weight excluding hydrogens is 234 g/mol. The summed E-state index contributed by atoms with van der Waals surface area (Å²) in [6.45, 7) is 4.92. The van der Waals surface area contributed by atoms with Gasteiger partial charge < -0.3 is 5.32 Å². The van der Waals surface area contributed by atoms with Crippen LogP contribution in [0.1, 0.15) is 52.4 Å². The van der Waals surface area contributed by atoms with Crippen LogP contribution in [0.3, 0.4) is 0 Å². The monoisotopic (exact) mass is 261 g/mol. The minimum atomic E-state index is -2.82. The molecule has 0 aromatic carbocycles. The SMILES string of the molecule is CCCCS(=O)(=O)CCNC1CCCCC1C. The van der Waals surface area contributed by atoms with Crippen LogP contribution in [0.25, 0.3) is 0 Å². The van der Waals surface area contributed by atoms with E-state index in [2.05, 4.69) is 12.2 Å². The van der Waals surface area contributed by atoms with Crippen molar-refractivity contribution in [2.75, 3.05) is 18.1 Å². The van der Waals surface area contributed by atoms with Gasteiger partial charge in [0.05, 0.1) is 11.5 Å². The Kier molecular flexibility index (Phi) is 6.49. The Bertz CT molecular complexity index is 301. The quantitative estimate of drug-likeness (QED) is 0.765. The molecule has 1 aliphatic carbocycles. The summed E-state index contributed by atoms with van der Waals surface area (Å²) < 4.78 is 23.3. The summed E-state index contributed by atoms with van der Waals surface area (Å²) in [5.74, 6) is 1.35. The van der Waals surface area contributed by atoms with Crippen molar-refractivity contribution in [1.82, 2.24) is 5.32 Å². The molecule has 0 heterocycles. The average Bonchev–Trinajstić information content (AvgIpc) is 2.29. The second-order valence-electron chi connectivity index (χ2n) is 5.33. The van der Waals surface area contributed by atoms with E-state index in [1.807, 2.05) is 6.92 Å². The topological polar surface area (TPSA) is 46.2 Å². The second-order valence-corrected chi connectivity index (χ2v) is 7.63.